The Morgan fingerprint density at radius 2 is 2.56 bits per heavy atom. The molecule has 0 aromatic heterocycles. The van der Waals surface area contributed by atoms with E-state index < -0.39 is 0 Å². The summed E-state index contributed by atoms with van der Waals surface area (Å²) in [7, 11) is 0. The van der Waals surface area contributed by atoms with Crippen LogP contribution >= 0.6 is 0 Å². The molecule has 2 N–H and O–H groups in total. The molecule has 2 rings (SSSR count). The van der Waals surface area contributed by atoms with Gasteiger partial charge in [-0.05, 0) is 6.92 Å². The van der Waals surface area contributed by atoms with E-state index in [0.717, 1.165) is 12.4 Å². The number of carbonyl (C=O) groups excluding carboxylic acids is 1. The first-order valence-electron chi connectivity index (χ1n) is 5.38. The summed E-state index contributed by atoms with van der Waals surface area (Å²) in [5.41, 5.74) is 0. The second kappa shape index (κ2) is 4.98. The fraction of sp³-hybridized carbons (Fsp3) is 0.600. The summed E-state index contributed by atoms with van der Waals surface area (Å²) >= 11 is 0. The Morgan fingerprint density at radius 1 is 1.69 bits per heavy atom. The van der Waals surface area contributed by atoms with Crippen LogP contribution in [0.25, 0.3) is 0 Å². The third kappa shape index (κ3) is 2.73. The standard InChI is InChI=1S/C10H16N4O2/c1-8-12-5-3-9(13-8)16-10(15)14-6-2-4-11-7-14/h2,6,9,11H,3-5,7H2,1H3,(H,12,13). The average Bonchev–Trinajstić information content (AvgIpc) is 2.30. The minimum atomic E-state index is -0.337. The van der Waals surface area contributed by atoms with Crippen LogP contribution in [0.5, 0.6) is 0 Å². The van der Waals surface area contributed by atoms with Gasteiger partial charge >= 0.3 is 6.09 Å². The second-order valence-corrected chi connectivity index (χ2v) is 3.74. The van der Waals surface area contributed by atoms with E-state index in [1.807, 2.05) is 13.0 Å². The van der Waals surface area contributed by atoms with E-state index in [1.165, 1.54) is 4.90 Å². The van der Waals surface area contributed by atoms with Gasteiger partial charge in [-0.1, -0.05) is 6.08 Å². The maximum absolute atomic E-state index is 11.7. The zero-order valence-corrected chi connectivity index (χ0v) is 9.27. The topological polar surface area (TPSA) is 66.0 Å². The molecule has 88 valence electrons. The van der Waals surface area contributed by atoms with Gasteiger partial charge in [0.2, 0.25) is 0 Å². The Balaban J connectivity index is 1.85. The minimum absolute atomic E-state index is 0.264. The zero-order chi connectivity index (χ0) is 11.4. The lowest BCUT2D eigenvalue weighted by Crippen LogP contribution is -2.45. The van der Waals surface area contributed by atoms with Gasteiger partial charge in [0.05, 0.1) is 12.5 Å². The molecule has 1 unspecified atom stereocenters. The maximum Gasteiger partial charge on any atom is 0.416 e. The molecule has 0 aromatic carbocycles. The Bertz CT molecular complexity index is 327. The van der Waals surface area contributed by atoms with Crippen molar-refractivity contribution in [1.29, 1.82) is 0 Å². The largest absolute Gasteiger partial charge is 0.425 e. The fourth-order valence-corrected chi connectivity index (χ4v) is 1.60. The third-order valence-electron chi connectivity index (χ3n) is 2.42. The second-order valence-electron chi connectivity index (χ2n) is 3.74. The Morgan fingerprint density at radius 3 is 3.25 bits per heavy atom. The van der Waals surface area contributed by atoms with Crippen LogP contribution in [-0.2, 0) is 4.74 Å². The number of hydrogen-bond donors (Lipinski definition) is 2. The summed E-state index contributed by atoms with van der Waals surface area (Å²) in [5, 5.41) is 6.08. The number of ether oxygens (including phenoxy) is 1. The lowest BCUT2D eigenvalue weighted by Gasteiger charge is -2.27. The van der Waals surface area contributed by atoms with Gasteiger partial charge < -0.3 is 10.1 Å². The van der Waals surface area contributed by atoms with Crippen molar-refractivity contribution in [2.75, 3.05) is 19.8 Å². The van der Waals surface area contributed by atoms with E-state index >= 15 is 0 Å². The van der Waals surface area contributed by atoms with Gasteiger partial charge in [-0.2, -0.15) is 0 Å². The number of nitrogens with zero attached hydrogens (tertiary/aromatic N) is 2. The van der Waals surface area contributed by atoms with Crippen molar-refractivity contribution in [2.24, 2.45) is 4.99 Å². The van der Waals surface area contributed by atoms with Crippen molar-refractivity contribution in [3.8, 4) is 0 Å². The maximum atomic E-state index is 11.7. The van der Waals surface area contributed by atoms with Crippen LogP contribution in [-0.4, -0.2) is 42.8 Å². The van der Waals surface area contributed by atoms with Crippen LogP contribution in [0.2, 0.25) is 0 Å². The molecule has 2 aliphatic rings. The lowest BCUT2D eigenvalue weighted by atomic mass is 10.3. The predicted octanol–water partition coefficient (Wildman–Crippen LogP) is 0.237. The third-order valence-corrected chi connectivity index (χ3v) is 2.42. The summed E-state index contributed by atoms with van der Waals surface area (Å²) in [5.74, 6) is 0.816. The quantitative estimate of drug-likeness (QED) is 0.669. The molecule has 16 heavy (non-hydrogen) atoms. The van der Waals surface area contributed by atoms with E-state index in [4.69, 9.17) is 4.74 Å². The molecule has 1 atom stereocenters. The summed E-state index contributed by atoms with van der Waals surface area (Å²) in [4.78, 5) is 17.4. The molecule has 0 bridgehead atoms. The van der Waals surface area contributed by atoms with Crippen LogP contribution in [0.3, 0.4) is 0 Å². The average molecular weight is 224 g/mol. The van der Waals surface area contributed by atoms with Gasteiger partial charge in [0.1, 0.15) is 0 Å². The molecule has 0 fully saturated rings. The SMILES string of the molecule is CC1=NCCC(OC(=O)N2C=CCNC2)N1. The lowest BCUT2D eigenvalue weighted by molar-refractivity contribution is 0.0593. The highest BCUT2D eigenvalue weighted by Gasteiger charge is 2.21. The molecule has 0 aliphatic carbocycles. The van der Waals surface area contributed by atoms with Crippen molar-refractivity contribution in [3.05, 3.63) is 12.3 Å². The van der Waals surface area contributed by atoms with Crippen LogP contribution < -0.4 is 10.6 Å². The number of carbonyl (C=O) groups is 1. The Labute approximate surface area is 94.4 Å². The van der Waals surface area contributed by atoms with Crippen molar-refractivity contribution < 1.29 is 9.53 Å². The number of rotatable bonds is 1. The van der Waals surface area contributed by atoms with Gasteiger partial charge in [0.15, 0.2) is 6.23 Å². The van der Waals surface area contributed by atoms with Crippen molar-refractivity contribution in [1.82, 2.24) is 15.5 Å². The Hall–Kier alpha value is -1.56. The first kappa shape index (κ1) is 10.9. The first-order chi connectivity index (χ1) is 7.75. The van der Waals surface area contributed by atoms with E-state index in [-0.39, 0.29) is 12.3 Å². The Kier molecular flexibility index (Phi) is 3.40. The summed E-state index contributed by atoms with van der Waals surface area (Å²) < 4.78 is 5.31. The van der Waals surface area contributed by atoms with E-state index in [9.17, 15) is 4.79 Å². The fourth-order valence-electron chi connectivity index (χ4n) is 1.60. The van der Waals surface area contributed by atoms with Gasteiger partial charge in [-0.25, -0.2) is 4.79 Å². The number of nitrogens with one attached hydrogen (secondary N) is 2. The highest BCUT2D eigenvalue weighted by molar-refractivity contribution is 5.80. The van der Waals surface area contributed by atoms with Crippen molar-refractivity contribution >= 4 is 11.9 Å². The molecule has 0 spiro atoms. The molecule has 0 radical (unpaired) electrons. The van der Waals surface area contributed by atoms with Gasteiger partial charge in [-0.15, -0.1) is 0 Å². The molecule has 2 heterocycles. The summed E-state index contributed by atoms with van der Waals surface area (Å²) in [6, 6.07) is 0. The number of amidine groups is 1. The number of aliphatic imine (C=N–C) groups is 1. The molecule has 0 aromatic rings. The van der Waals surface area contributed by atoms with E-state index in [1.54, 1.807) is 6.20 Å². The smallest absolute Gasteiger partial charge is 0.416 e. The molecule has 0 saturated carbocycles. The van der Waals surface area contributed by atoms with E-state index in [2.05, 4.69) is 15.6 Å². The molecule has 6 heteroatoms. The molecular formula is C10H16N4O2. The normalized spacial score (nSPS) is 24.7. The highest BCUT2D eigenvalue weighted by Crippen LogP contribution is 2.05. The molecule has 2 aliphatic heterocycles. The van der Waals surface area contributed by atoms with Gasteiger partial charge in [0.25, 0.3) is 0 Å². The number of hydrogen-bond acceptors (Lipinski definition) is 5. The van der Waals surface area contributed by atoms with Crippen molar-refractivity contribution in [3.63, 3.8) is 0 Å². The van der Waals surface area contributed by atoms with Gasteiger partial charge in [0, 0.05) is 25.7 Å². The highest BCUT2D eigenvalue weighted by atomic mass is 16.6. The molecule has 6 nitrogen and oxygen atoms in total. The summed E-state index contributed by atoms with van der Waals surface area (Å²) in [6.45, 7) is 3.85. The first-order valence-corrected chi connectivity index (χ1v) is 5.38. The number of amides is 1. The molecule has 0 saturated heterocycles. The van der Waals surface area contributed by atoms with Crippen LogP contribution in [0.4, 0.5) is 4.79 Å². The molecule has 1 amide bonds. The zero-order valence-electron chi connectivity index (χ0n) is 9.27. The van der Waals surface area contributed by atoms with Crippen LogP contribution in [0.1, 0.15) is 13.3 Å². The van der Waals surface area contributed by atoms with Gasteiger partial charge in [-0.3, -0.25) is 15.2 Å². The van der Waals surface area contributed by atoms with Crippen molar-refractivity contribution in [2.45, 2.75) is 19.6 Å². The molecular weight excluding hydrogens is 208 g/mol. The predicted molar refractivity (Wildman–Crippen MR) is 59.8 cm³/mol. The van der Waals surface area contributed by atoms with E-state index in [0.29, 0.717) is 19.6 Å². The summed E-state index contributed by atoms with van der Waals surface area (Å²) in [6.07, 6.45) is 3.73. The van der Waals surface area contributed by atoms with Crippen LogP contribution in [0.15, 0.2) is 17.3 Å². The van der Waals surface area contributed by atoms with Crippen LogP contribution in [0, 0.1) is 0 Å². The minimum Gasteiger partial charge on any atom is -0.425 e. The monoisotopic (exact) mass is 224 g/mol.